The quantitative estimate of drug-likeness (QED) is 0.794. The highest BCUT2D eigenvalue weighted by Crippen LogP contribution is 2.29. The summed E-state index contributed by atoms with van der Waals surface area (Å²) in [5, 5.41) is 8.64. The second-order valence-corrected chi connectivity index (χ2v) is 6.72. The number of nitrogens with zero attached hydrogens (tertiary/aromatic N) is 4. The van der Waals surface area contributed by atoms with E-state index < -0.39 is 0 Å². The van der Waals surface area contributed by atoms with E-state index in [1.54, 1.807) is 0 Å². The van der Waals surface area contributed by atoms with Gasteiger partial charge in [-0.3, -0.25) is 9.48 Å². The van der Waals surface area contributed by atoms with E-state index >= 15 is 0 Å². The molecule has 0 atom stereocenters. The highest BCUT2D eigenvalue weighted by molar-refractivity contribution is 7.08. The summed E-state index contributed by atoms with van der Waals surface area (Å²) in [5.74, 6) is 0.295. The van der Waals surface area contributed by atoms with Crippen molar-refractivity contribution in [1.29, 1.82) is 0 Å². The fourth-order valence-corrected chi connectivity index (χ4v) is 3.61. The number of carbonyl (C=O) groups is 1. The third-order valence-electron chi connectivity index (χ3n) is 4.02. The normalized spacial score (nSPS) is 16.0. The van der Waals surface area contributed by atoms with Crippen LogP contribution in [0.25, 0.3) is 0 Å². The molecule has 0 unspecified atom stereocenters. The summed E-state index contributed by atoms with van der Waals surface area (Å²) in [6, 6.07) is 2.48. The minimum atomic E-state index is 0.0744. The van der Waals surface area contributed by atoms with Gasteiger partial charge in [-0.2, -0.15) is 5.10 Å². The molecule has 112 valence electrons. The molecule has 0 N–H and O–H groups in total. The molecule has 6 heteroatoms. The van der Waals surface area contributed by atoms with Crippen molar-refractivity contribution >= 4 is 17.3 Å². The zero-order valence-corrected chi connectivity index (χ0v) is 13.3. The number of rotatable bonds is 5. The van der Waals surface area contributed by atoms with Gasteiger partial charge in [-0.05, 0) is 36.4 Å². The van der Waals surface area contributed by atoms with Crippen LogP contribution in [0.15, 0.2) is 12.3 Å². The van der Waals surface area contributed by atoms with E-state index in [1.165, 1.54) is 37.2 Å². The molecule has 1 fully saturated rings. The van der Waals surface area contributed by atoms with Gasteiger partial charge in [0, 0.05) is 6.20 Å². The van der Waals surface area contributed by atoms with Crippen LogP contribution in [0.2, 0.25) is 0 Å². The van der Waals surface area contributed by atoms with Crippen molar-refractivity contribution in [3.63, 3.8) is 0 Å². The van der Waals surface area contributed by atoms with E-state index in [0.717, 1.165) is 11.4 Å². The highest BCUT2D eigenvalue weighted by atomic mass is 32.1. The van der Waals surface area contributed by atoms with Gasteiger partial charge < -0.3 is 0 Å². The first-order valence-electron chi connectivity index (χ1n) is 7.54. The summed E-state index contributed by atoms with van der Waals surface area (Å²) in [6.07, 6.45) is 7.30. The molecule has 0 aliphatic heterocycles. The van der Waals surface area contributed by atoms with Crippen LogP contribution < -0.4 is 0 Å². The van der Waals surface area contributed by atoms with Crippen molar-refractivity contribution in [2.24, 2.45) is 0 Å². The smallest absolute Gasteiger partial charge is 0.182 e. The molecule has 0 radical (unpaired) electrons. The summed E-state index contributed by atoms with van der Waals surface area (Å²) in [4.78, 5) is 13.1. The molecule has 2 aromatic heterocycles. The number of aromatic nitrogens is 4. The standard InChI is InChI=1S/C15H20N4OS/c1-10(2)14-15(21-18-16-14)13(20)9-11-7-8-19(17-11)12-5-3-4-6-12/h7-8,10,12H,3-6,9H2,1-2H3. The Balaban J connectivity index is 1.71. The predicted octanol–water partition coefficient (Wildman–Crippen LogP) is 3.40. The molecule has 2 heterocycles. The Labute approximate surface area is 128 Å². The maximum Gasteiger partial charge on any atom is 0.182 e. The molecule has 0 bridgehead atoms. The van der Waals surface area contributed by atoms with Gasteiger partial charge in [-0.1, -0.05) is 31.2 Å². The molecule has 2 aromatic rings. The van der Waals surface area contributed by atoms with Crippen LogP contribution in [0, 0.1) is 0 Å². The van der Waals surface area contributed by atoms with E-state index in [1.807, 2.05) is 30.8 Å². The van der Waals surface area contributed by atoms with Gasteiger partial charge in [0.2, 0.25) is 0 Å². The molecular formula is C15H20N4OS. The molecule has 0 amide bonds. The topological polar surface area (TPSA) is 60.7 Å². The van der Waals surface area contributed by atoms with Gasteiger partial charge >= 0.3 is 0 Å². The molecule has 3 rings (SSSR count). The van der Waals surface area contributed by atoms with E-state index in [9.17, 15) is 4.79 Å². The Hall–Kier alpha value is -1.56. The predicted molar refractivity (Wildman–Crippen MR) is 81.8 cm³/mol. The van der Waals surface area contributed by atoms with Crippen molar-refractivity contribution in [1.82, 2.24) is 19.4 Å². The second kappa shape index (κ2) is 6.05. The van der Waals surface area contributed by atoms with Crippen LogP contribution in [0.5, 0.6) is 0 Å². The average molecular weight is 304 g/mol. The maximum atomic E-state index is 12.4. The van der Waals surface area contributed by atoms with Gasteiger partial charge in [0.25, 0.3) is 0 Å². The molecule has 0 spiro atoms. The van der Waals surface area contributed by atoms with Gasteiger partial charge in [0.15, 0.2) is 5.78 Å². The zero-order chi connectivity index (χ0) is 14.8. The molecule has 1 aliphatic rings. The third kappa shape index (κ3) is 3.05. The van der Waals surface area contributed by atoms with Crippen molar-refractivity contribution in [2.75, 3.05) is 0 Å². The number of hydrogen-bond acceptors (Lipinski definition) is 5. The lowest BCUT2D eigenvalue weighted by atomic mass is 10.1. The third-order valence-corrected chi connectivity index (χ3v) is 4.80. The lowest BCUT2D eigenvalue weighted by molar-refractivity contribution is 0.0994. The Morgan fingerprint density at radius 1 is 1.43 bits per heavy atom. The SMILES string of the molecule is CC(C)c1nnsc1C(=O)Cc1ccn(C2CCCC2)n1. The Bertz CT molecular complexity index is 625. The van der Waals surface area contributed by atoms with Gasteiger partial charge in [0.05, 0.1) is 23.9 Å². The minimum Gasteiger partial charge on any atom is -0.293 e. The lowest BCUT2D eigenvalue weighted by Gasteiger charge is -2.08. The average Bonchev–Trinajstić information content (AvgIpc) is 3.19. The zero-order valence-electron chi connectivity index (χ0n) is 12.5. The molecule has 0 aromatic carbocycles. The fraction of sp³-hybridized carbons (Fsp3) is 0.600. The maximum absolute atomic E-state index is 12.4. The van der Waals surface area contributed by atoms with Gasteiger partial charge in [-0.15, -0.1) is 5.10 Å². The lowest BCUT2D eigenvalue weighted by Crippen LogP contribution is -2.09. The Morgan fingerprint density at radius 2 is 2.19 bits per heavy atom. The molecular weight excluding hydrogens is 284 g/mol. The summed E-state index contributed by atoms with van der Waals surface area (Å²) >= 11 is 1.19. The summed E-state index contributed by atoms with van der Waals surface area (Å²) in [7, 11) is 0. The van der Waals surface area contributed by atoms with Crippen molar-refractivity contribution in [3.05, 3.63) is 28.5 Å². The molecule has 1 aliphatic carbocycles. The van der Waals surface area contributed by atoms with Crippen LogP contribution in [-0.4, -0.2) is 25.2 Å². The Kier molecular flexibility index (Phi) is 4.14. The van der Waals surface area contributed by atoms with Crippen LogP contribution in [0.4, 0.5) is 0 Å². The van der Waals surface area contributed by atoms with E-state index in [-0.39, 0.29) is 11.7 Å². The summed E-state index contributed by atoms with van der Waals surface area (Å²) in [6.45, 7) is 4.06. The molecule has 1 saturated carbocycles. The second-order valence-electron chi connectivity index (χ2n) is 5.97. The van der Waals surface area contributed by atoms with Gasteiger partial charge in [-0.25, -0.2) is 0 Å². The van der Waals surface area contributed by atoms with Crippen LogP contribution in [-0.2, 0) is 6.42 Å². The van der Waals surface area contributed by atoms with E-state index in [4.69, 9.17) is 0 Å². The van der Waals surface area contributed by atoms with Gasteiger partial charge in [0.1, 0.15) is 4.88 Å². The van der Waals surface area contributed by atoms with Crippen LogP contribution in [0.1, 0.15) is 72.6 Å². The first kappa shape index (κ1) is 14.4. The first-order valence-corrected chi connectivity index (χ1v) is 8.32. The minimum absolute atomic E-state index is 0.0744. The van der Waals surface area contributed by atoms with Crippen molar-refractivity contribution in [2.45, 2.75) is 57.9 Å². The largest absolute Gasteiger partial charge is 0.293 e. The van der Waals surface area contributed by atoms with Crippen molar-refractivity contribution in [3.8, 4) is 0 Å². The van der Waals surface area contributed by atoms with Crippen molar-refractivity contribution < 1.29 is 4.79 Å². The molecule has 5 nitrogen and oxygen atoms in total. The summed E-state index contributed by atoms with van der Waals surface area (Å²) in [5.41, 5.74) is 1.65. The van der Waals surface area contributed by atoms with E-state index in [0.29, 0.717) is 17.3 Å². The van der Waals surface area contributed by atoms with Crippen LogP contribution in [0.3, 0.4) is 0 Å². The van der Waals surface area contributed by atoms with E-state index in [2.05, 4.69) is 14.7 Å². The Morgan fingerprint density at radius 3 is 2.90 bits per heavy atom. The summed E-state index contributed by atoms with van der Waals surface area (Å²) < 4.78 is 5.95. The number of carbonyl (C=O) groups excluding carboxylic acids is 1. The first-order chi connectivity index (χ1) is 10.1. The van der Waals surface area contributed by atoms with Crippen LogP contribution >= 0.6 is 11.5 Å². The number of Topliss-reactive ketones (excluding diaryl/α,β-unsaturated/α-hetero) is 1. The highest BCUT2D eigenvalue weighted by Gasteiger charge is 2.21. The molecule has 0 saturated heterocycles. The molecule has 21 heavy (non-hydrogen) atoms. The monoisotopic (exact) mass is 304 g/mol. The number of hydrogen-bond donors (Lipinski definition) is 0. The number of ketones is 1. The fourth-order valence-electron chi connectivity index (χ4n) is 2.86.